The van der Waals surface area contributed by atoms with Crippen LogP contribution in [0, 0.1) is 5.92 Å². The van der Waals surface area contributed by atoms with E-state index in [1.165, 1.54) is 31.5 Å². The summed E-state index contributed by atoms with van der Waals surface area (Å²) in [5.41, 5.74) is 0. The van der Waals surface area contributed by atoms with Crippen LogP contribution in [0.1, 0.15) is 52.3 Å². The van der Waals surface area contributed by atoms with Crippen LogP contribution in [0.2, 0.25) is 0 Å². The first-order chi connectivity index (χ1) is 8.76. The van der Waals surface area contributed by atoms with Crippen LogP contribution in [0.5, 0.6) is 0 Å². The Balaban J connectivity index is 2.69. The minimum absolute atomic E-state index is 0.553. The first-order valence-corrected chi connectivity index (χ1v) is 7.43. The number of likely N-dealkylation sites (N-methyl/N-ethyl adjacent to an activating group) is 1. The molecule has 1 N–H and O–H groups in total. The summed E-state index contributed by atoms with van der Waals surface area (Å²) in [6.07, 6.45) is 10.2. The average molecular weight is 251 g/mol. The van der Waals surface area contributed by atoms with E-state index >= 15 is 0 Å². The van der Waals surface area contributed by atoms with Crippen molar-refractivity contribution >= 4 is 0 Å². The molecule has 3 heteroatoms. The molecular weight excluding hydrogens is 222 g/mol. The Bertz CT molecular complexity index is 313. The number of hydrogen-bond acceptors (Lipinski definition) is 2. The average Bonchev–Trinajstić information content (AvgIpc) is 2.83. The third kappa shape index (κ3) is 4.13. The van der Waals surface area contributed by atoms with Gasteiger partial charge in [0.1, 0.15) is 5.82 Å². The minimum Gasteiger partial charge on any atom is -0.335 e. The largest absolute Gasteiger partial charge is 0.335 e. The smallest absolute Gasteiger partial charge is 0.110 e. The lowest BCUT2D eigenvalue weighted by Crippen LogP contribution is -2.36. The van der Waals surface area contributed by atoms with Gasteiger partial charge in [0.05, 0.1) is 0 Å². The molecule has 0 amide bonds. The van der Waals surface area contributed by atoms with Crippen LogP contribution in [0.4, 0.5) is 0 Å². The highest BCUT2D eigenvalue weighted by Crippen LogP contribution is 2.20. The van der Waals surface area contributed by atoms with Gasteiger partial charge in [-0.2, -0.15) is 0 Å². The number of aromatic nitrogens is 2. The molecule has 1 rings (SSSR count). The quantitative estimate of drug-likeness (QED) is 0.730. The maximum absolute atomic E-state index is 4.50. The third-order valence-corrected chi connectivity index (χ3v) is 3.80. The lowest BCUT2D eigenvalue weighted by Gasteiger charge is -2.26. The van der Waals surface area contributed by atoms with Crippen molar-refractivity contribution in [3.8, 4) is 0 Å². The number of hydrogen-bond donors (Lipinski definition) is 1. The fourth-order valence-corrected chi connectivity index (χ4v) is 2.81. The van der Waals surface area contributed by atoms with E-state index in [0.29, 0.717) is 6.04 Å². The first kappa shape index (κ1) is 15.2. The molecule has 0 aliphatic heterocycles. The van der Waals surface area contributed by atoms with Crippen molar-refractivity contribution in [2.24, 2.45) is 5.92 Å². The summed E-state index contributed by atoms with van der Waals surface area (Å²) in [5, 5.41) is 3.51. The highest BCUT2D eigenvalue weighted by atomic mass is 15.1. The van der Waals surface area contributed by atoms with Gasteiger partial charge in [0, 0.05) is 31.4 Å². The molecule has 0 fully saturated rings. The van der Waals surface area contributed by atoms with Crippen molar-refractivity contribution in [3.05, 3.63) is 18.2 Å². The molecular formula is C15H29N3. The molecule has 1 aromatic heterocycles. The van der Waals surface area contributed by atoms with Crippen molar-refractivity contribution in [2.75, 3.05) is 7.05 Å². The summed E-state index contributed by atoms with van der Waals surface area (Å²) >= 11 is 0. The lowest BCUT2D eigenvalue weighted by atomic mass is 9.88. The van der Waals surface area contributed by atoms with Crippen LogP contribution in [-0.2, 0) is 13.0 Å². The fraction of sp³-hybridized carbons (Fsp3) is 0.800. The molecule has 1 atom stereocenters. The second-order valence-electron chi connectivity index (χ2n) is 5.07. The second kappa shape index (κ2) is 8.30. The zero-order valence-electron chi connectivity index (χ0n) is 12.4. The van der Waals surface area contributed by atoms with Gasteiger partial charge in [-0.1, -0.05) is 26.7 Å². The maximum Gasteiger partial charge on any atom is 0.110 e. The molecule has 1 aromatic rings. The summed E-state index contributed by atoms with van der Waals surface area (Å²) in [5.74, 6) is 1.99. The molecule has 1 heterocycles. The topological polar surface area (TPSA) is 29.9 Å². The normalized spacial score (nSPS) is 13.2. The Hall–Kier alpha value is -0.830. The Labute approximate surface area is 112 Å². The van der Waals surface area contributed by atoms with Crippen molar-refractivity contribution in [2.45, 2.75) is 65.5 Å². The van der Waals surface area contributed by atoms with Crippen molar-refractivity contribution in [3.63, 3.8) is 0 Å². The van der Waals surface area contributed by atoms with Crippen LogP contribution < -0.4 is 5.32 Å². The molecule has 104 valence electrons. The van der Waals surface area contributed by atoms with Gasteiger partial charge in [0.15, 0.2) is 0 Å². The predicted octanol–water partition coefficient (Wildman–Crippen LogP) is 3.25. The van der Waals surface area contributed by atoms with E-state index in [4.69, 9.17) is 0 Å². The molecule has 0 aromatic carbocycles. The molecule has 1 unspecified atom stereocenters. The zero-order valence-corrected chi connectivity index (χ0v) is 12.4. The number of nitrogens with one attached hydrogen (secondary N) is 1. The van der Waals surface area contributed by atoms with Gasteiger partial charge in [-0.25, -0.2) is 4.98 Å². The molecule has 0 saturated heterocycles. The minimum atomic E-state index is 0.553. The van der Waals surface area contributed by atoms with Crippen LogP contribution in [0.3, 0.4) is 0 Å². The molecule has 0 saturated carbocycles. The van der Waals surface area contributed by atoms with Gasteiger partial charge < -0.3 is 9.88 Å². The van der Waals surface area contributed by atoms with E-state index < -0.39 is 0 Å². The van der Waals surface area contributed by atoms with Gasteiger partial charge in [-0.15, -0.1) is 0 Å². The monoisotopic (exact) mass is 251 g/mol. The van der Waals surface area contributed by atoms with E-state index in [-0.39, 0.29) is 0 Å². The lowest BCUT2D eigenvalue weighted by molar-refractivity contribution is 0.317. The molecule has 3 nitrogen and oxygen atoms in total. The number of rotatable bonds is 9. The Morgan fingerprint density at radius 2 is 1.89 bits per heavy atom. The van der Waals surface area contributed by atoms with Crippen LogP contribution in [0.25, 0.3) is 0 Å². The third-order valence-electron chi connectivity index (χ3n) is 3.80. The van der Waals surface area contributed by atoms with E-state index in [1.807, 2.05) is 6.20 Å². The maximum atomic E-state index is 4.50. The van der Waals surface area contributed by atoms with Gasteiger partial charge in [0.2, 0.25) is 0 Å². The van der Waals surface area contributed by atoms with E-state index in [9.17, 15) is 0 Å². The SMILES string of the molecule is CCCC(CCC)C(Cc1nccn1CC)NC. The van der Waals surface area contributed by atoms with Crippen LogP contribution >= 0.6 is 0 Å². The fourth-order valence-electron chi connectivity index (χ4n) is 2.81. The van der Waals surface area contributed by atoms with Crippen molar-refractivity contribution in [1.82, 2.24) is 14.9 Å². The van der Waals surface area contributed by atoms with E-state index in [1.54, 1.807) is 0 Å². The van der Waals surface area contributed by atoms with E-state index in [0.717, 1.165) is 18.9 Å². The summed E-state index contributed by atoms with van der Waals surface area (Å²) in [4.78, 5) is 4.50. The van der Waals surface area contributed by atoms with Gasteiger partial charge in [-0.05, 0) is 32.7 Å². The molecule has 0 spiro atoms. The molecule has 0 aliphatic rings. The molecule has 0 bridgehead atoms. The summed E-state index contributed by atoms with van der Waals surface area (Å²) in [7, 11) is 2.09. The number of aryl methyl sites for hydroxylation is 1. The predicted molar refractivity (Wildman–Crippen MR) is 77.8 cm³/mol. The van der Waals surface area contributed by atoms with Crippen molar-refractivity contribution in [1.29, 1.82) is 0 Å². The van der Waals surface area contributed by atoms with Gasteiger partial charge in [0.25, 0.3) is 0 Å². The molecule has 0 aliphatic carbocycles. The Morgan fingerprint density at radius 3 is 2.39 bits per heavy atom. The summed E-state index contributed by atoms with van der Waals surface area (Å²) in [6.45, 7) is 7.75. The number of imidazole rings is 1. The summed E-state index contributed by atoms with van der Waals surface area (Å²) in [6, 6.07) is 0.553. The van der Waals surface area contributed by atoms with Gasteiger partial charge in [-0.3, -0.25) is 0 Å². The second-order valence-corrected chi connectivity index (χ2v) is 5.07. The standard InChI is InChI=1S/C15H29N3/c1-5-8-13(9-6-2)14(16-4)12-15-17-10-11-18(15)7-3/h10-11,13-14,16H,5-9,12H2,1-4H3. The highest BCUT2D eigenvalue weighted by molar-refractivity contribution is 4.96. The van der Waals surface area contributed by atoms with Crippen LogP contribution in [-0.4, -0.2) is 22.6 Å². The summed E-state index contributed by atoms with van der Waals surface area (Å²) < 4.78 is 2.25. The van der Waals surface area contributed by atoms with Crippen molar-refractivity contribution < 1.29 is 0 Å². The first-order valence-electron chi connectivity index (χ1n) is 7.43. The molecule has 18 heavy (non-hydrogen) atoms. The Morgan fingerprint density at radius 1 is 1.22 bits per heavy atom. The van der Waals surface area contributed by atoms with Gasteiger partial charge >= 0.3 is 0 Å². The van der Waals surface area contributed by atoms with Crippen LogP contribution in [0.15, 0.2) is 12.4 Å². The van der Waals surface area contributed by atoms with E-state index in [2.05, 4.69) is 48.9 Å². The Kier molecular flexibility index (Phi) is 7.02. The number of nitrogens with zero attached hydrogens (tertiary/aromatic N) is 2. The molecule has 0 radical (unpaired) electrons. The zero-order chi connectivity index (χ0) is 13.4. The highest BCUT2D eigenvalue weighted by Gasteiger charge is 2.20.